The van der Waals surface area contributed by atoms with Crippen LogP contribution < -0.4 is 20.1 Å². The molecule has 2 aromatic carbocycles. The molecule has 0 saturated carbocycles. The van der Waals surface area contributed by atoms with Crippen LogP contribution in [0.4, 0.5) is 28.0 Å². The summed E-state index contributed by atoms with van der Waals surface area (Å²) in [6.07, 6.45) is -3.56. The van der Waals surface area contributed by atoms with Crippen LogP contribution in [-0.4, -0.2) is 35.1 Å². The molecule has 35 heavy (non-hydrogen) atoms. The number of carboxylic acid groups (broad SMARTS) is 1. The van der Waals surface area contributed by atoms with Crippen LogP contribution in [0, 0.1) is 5.82 Å². The maximum atomic E-state index is 14.6. The van der Waals surface area contributed by atoms with Crippen LogP contribution in [-0.2, 0) is 5.54 Å². The van der Waals surface area contributed by atoms with Crippen molar-refractivity contribution in [1.82, 2.24) is 10.3 Å². The molecule has 0 spiro atoms. The molecule has 2 heterocycles. The number of urea groups is 1. The summed E-state index contributed by atoms with van der Waals surface area (Å²) in [6.45, 7) is 0.0920. The van der Waals surface area contributed by atoms with Gasteiger partial charge in [-0.05, 0) is 54.1 Å². The van der Waals surface area contributed by atoms with Gasteiger partial charge in [-0.25, -0.2) is 14.0 Å². The van der Waals surface area contributed by atoms with Gasteiger partial charge in [0, 0.05) is 18.3 Å². The van der Waals surface area contributed by atoms with Gasteiger partial charge in [0.25, 0.3) is 0 Å². The number of hydrogen-bond donors (Lipinski definition) is 3. The molecule has 0 radical (unpaired) electrons. The van der Waals surface area contributed by atoms with E-state index in [0.29, 0.717) is 5.75 Å². The molecule has 3 N–H and O–H groups in total. The summed E-state index contributed by atoms with van der Waals surface area (Å²) in [6, 6.07) is 10.7. The van der Waals surface area contributed by atoms with E-state index >= 15 is 0 Å². The summed E-state index contributed by atoms with van der Waals surface area (Å²) in [4.78, 5) is 28.3. The highest BCUT2D eigenvalue weighted by Gasteiger charge is 2.43. The number of hydrogen-bond acceptors (Lipinski definition) is 5. The summed E-state index contributed by atoms with van der Waals surface area (Å²) in [5.74, 6) is -3.13. The van der Waals surface area contributed by atoms with Crippen molar-refractivity contribution in [3.05, 3.63) is 83.4 Å². The number of aromatic nitrogens is 1. The number of amides is 2. The van der Waals surface area contributed by atoms with Crippen LogP contribution in [0.15, 0.2) is 60.8 Å². The molecule has 8 nitrogen and oxygen atoms in total. The summed E-state index contributed by atoms with van der Waals surface area (Å²) in [5.41, 5.74) is -0.823. The van der Waals surface area contributed by atoms with Crippen LogP contribution >= 0.6 is 0 Å². The van der Waals surface area contributed by atoms with Gasteiger partial charge < -0.3 is 25.2 Å². The number of carbonyl (C=O) groups is 2. The van der Waals surface area contributed by atoms with Gasteiger partial charge in [-0.2, -0.15) is 0 Å². The lowest BCUT2D eigenvalue weighted by molar-refractivity contribution is -0.275. The SMILES string of the molecule is O=C(Nc1ccc(C(=O)O)cc1)NC1(c2ccc(OC(F)(F)F)c(F)c2)CCOc2cccnc21. The monoisotopic (exact) mass is 491 g/mol. The molecule has 0 fully saturated rings. The number of halogens is 4. The van der Waals surface area contributed by atoms with Crippen molar-refractivity contribution in [2.24, 2.45) is 0 Å². The zero-order chi connectivity index (χ0) is 25.2. The number of benzene rings is 2. The molecule has 0 aliphatic carbocycles. The molecule has 1 aromatic heterocycles. The van der Waals surface area contributed by atoms with Crippen molar-refractivity contribution < 1.29 is 41.7 Å². The van der Waals surface area contributed by atoms with E-state index < -0.39 is 35.5 Å². The van der Waals surface area contributed by atoms with Gasteiger partial charge in [0.1, 0.15) is 17.0 Å². The molecule has 2 amide bonds. The highest BCUT2D eigenvalue weighted by molar-refractivity contribution is 5.92. The van der Waals surface area contributed by atoms with Crippen LogP contribution in [0.1, 0.15) is 28.0 Å². The van der Waals surface area contributed by atoms with E-state index in [9.17, 15) is 27.2 Å². The summed E-state index contributed by atoms with van der Waals surface area (Å²) in [5, 5.41) is 14.3. The van der Waals surface area contributed by atoms with Crippen molar-refractivity contribution in [2.75, 3.05) is 11.9 Å². The number of pyridine rings is 1. The number of carboxylic acids is 1. The molecule has 1 aliphatic heterocycles. The minimum absolute atomic E-state index is 0.0200. The Hall–Kier alpha value is -4.35. The number of rotatable bonds is 5. The van der Waals surface area contributed by atoms with E-state index in [1.807, 2.05) is 0 Å². The van der Waals surface area contributed by atoms with Gasteiger partial charge in [-0.3, -0.25) is 4.98 Å². The van der Waals surface area contributed by atoms with E-state index in [1.165, 1.54) is 36.5 Å². The summed E-state index contributed by atoms with van der Waals surface area (Å²) in [7, 11) is 0. The highest BCUT2D eigenvalue weighted by atomic mass is 19.4. The predicted octanol–water partition coefficient (Wildman–Crippen LogP) is 4.67. The van der Waals surface area contributed by atoms with Crippen molar-refractivity contribution >= 4 is 17.7 Å². The highest BCUT2D eigenvalue weighted by Crippen LogP contribution is 2.41. The standard InChI is InChI=1S/C23H17F4N3O5/c24-16-12-14(5-8-17(16)35-23(25,26)27)22(9-11-34-18-2-1-10-28-19(18)22)30-21(33)29-15-6-3-13(4-7-15)20(31)32/h1-8,10,12H,9,11H2,(H,31,32)(H2,29,30,33). The molecule has 0 bridgehead atoms. The van der Waals surface area contributed by atoms with E-state index in [0.717, 1.165) is 12.1 Å². The maximum absolute atomic E-state index is 14.6. The summed E-state index contributed by atoms with van der Waals surface area (Å²) < 4.78 is 61.7. The Bertz CT molecular complexity index is 1270. The van der Waals surface area contributed by atoms with Crippen molar-refractivity contribution in [3.63, 3.8) is 0 Å². The zero-order valence-corrected chi connectivity index (χ0v) is 17.7. The number of carbonyl (C=O) groups excluding carboxylic acids is 1. The number of anilines is 1. The van der Waals surface area contributed by atoms with Crippen LogP contribution in [0.3, 0.4) is 0 Å². The number of ether oxygens (including phenoxy) is 2. The van der Waals surface area contributed by atoms with Crippen molar-refractivity contribution in [2.45, 2.75) is 18.3 Å². The van der Waals surface area contributed by atoms with Gasteiger partial charge in [-0.15, -0.1) is 13.2 Å². The second-order valence-corrected chi connectivity index (χ2v) is 7.51. The average molecular weight is 491 g/mol. The number of fused-ring (bicyclic) bond motifs is 1. The fourth-order valence-electron chi connectivity index (χ4n) is 3.76. The Morgan fingerprint density at radius 3 is 2.51 bits per heavy atom. The number of aromatic carboxylic acids is 1. The molecular weight excluding hydrogens is 474 g/mol. The second kappa shape index (κ2) is 9.12. The summed E-state index contributed by atoms with van der Waals surface area (Å²) >= 11 is 0. The van der Waals surface area contributed by atoms with Gasteiger partial charge in [0.05, 0.1) is 12.2 Å². The first kappa shape index (κ1) is 23.8. The smallest absolute Gasteiger partial charge is 0.491 e. The van der Waals surface area contributed by atoms with Crippen LogP contribution in [0.25, 0.3) is 0 Å². The average Bonchev–Trinajstić information content (AvgIpc) is 2.80. The third kappa shape index (κ3) is 5.10. The third-order valence-corrected chi connectivity index (χ3v) is 5.28. The number of alkyl halides is 3. The Labute approximate surface area is 195 Å². The predicted molar refractivity (Wildman–Crippen MR) is 114 cm³/mol. The molecule has 12 heteroatoms. The fraction of sp³-hybridized carbons (Fsp3) is 0.174. The van der Waals surface area contributed by atoms with Gasteiger partial charge in [-0.1, -0.05) is 6.07 Å². The lowest BCUT2D eigenvalue weighted by Crippen LogP contribution is -2.51. The van der Waals surface area contributed by atoms with Gasteiger partial charge >= 0.3 is 18.4 Å². The van der Waals surface area contributed by atoms with Gasteiger partial charge in [0.15, 0.2) is 11.6 Å². The number of nitrogens with zero attached hydrogens (tertiary/aromatic N) is 1. The van der Waals surface area contributed by atoms with Crippen molar-refractivity contribution in [1.29, 1.82) is 0 Å². The molecule has 182 valence electrons. The first-order valence-corrected chi connectivity index (χ1v) is 10.1. The second-order valence-electron chi connectivity index (χ2n) is 7.51. The largest absolute Gasteiger partial charge is 0.573 e. The lowest BCUT2D eigenvalue weighted by atomic mass is 9.81. The quantitative estimate of drug-likeness (QED) is 0.448. The normalized spacial score (nSPS) is 17.0. The fourth-order valence-corrected chi connectivity index (χ4v) is 3.76. The van der Waals surface area contributed by atoms with E-state index in [-0.39, 0.29) is 35.5 Å². The Balaban J connectivity index is 1.70. The third-order valence-electron chi connectivity index (χ3n) is 5.28. The molecular formula is C23H17F4N3O5. The zero-order valence-electron chi connectivity index (χ0n) is 17.7. The van der Waals surface area contributed by atoms with Gasteiger partial charge in [0.2, 0.25) is 0 Å². The van der Waals surface area contributed by atoms with Crippen molar-refractivity contribution in [3.8, 4) is 11.5 Å². The number of nitrogens with one attached hydrogen (secondary N) is 2. The molecule has 0 saturated heterocycles. The Morgan fingerprint density at radius 1 is 1.11 bits per heavy atom. The molecule has 1 atom stereocenters. The molecule has 1 unspecified atom stereocenters. The van der Waals surface area contributed by atoms with E-state index in [2.05, 4.69) is 20.4 Å². The topological polar surface area (TPSA) is 110 Å². The first-order chi connectivity index (χ1) is 16.6. The Kier molecular flexibility index (Phi) is 6.20. The van der Waals surface area contributed by atoms with E-state index in [1.54, 1.807) is 12.1 Å². The lowest BCUT2D eigenvalue weighted by Gasteiger charge is -2.39. The molecule has 3 aromatic rings. The maximum Gasteiger partial charge on any atom is 0.573 e. The Morgan fingerprint density at radius 2 is 1.86 bits per heavy atom. The minimum atomic E-state index is -5.08. The first-order valence-electron chi connectivity index (χ1n) is 10.1. The van der Waals surface area contributed by atoms with Crippen LogP contribution in [0.5, 0.6) is 11.5 Å². The minimum Gasteiger partial charge on any atom is -0.491 e. The van der Waals surface area contributed by atoms with Crippen LogP contribution in [0.2, 0.25) is 0 Å². The van der Waals surface area contributed by atoms with E-state index in [4.69, 9.17) is 9.84 Å². The molecule has 1 aliphatic rings. The molecule has 4 rings (SSSR count).